The first-order valence-corrected chi connectivity index (χ1v) is 4.42. The van der Waals surface area contributed by atoms with Crippen molar-refractivity contribution in [2.45, 2.75) is 27.7 Å². The molecule has 0 rings (SSSR count). The summed E-state index contributed by atoms with van der Waals surface area (Å²) in [5, 5.41) is 0. The fourth-order valence-electron chi connectivity index (χ4n) is 0.747. The van der Waals surface area contributed by atoms with Crippen molar-refractivity contribution in [1.82, 2.24) is 0 Å². The van der Waals surface area contributed by atoms with E-state index in [0.29, 0.717) is 5.84 Å². The summed E-state index contributed by atoms with van der Waals surface area (Å²) in [6.45, 7) is 11.8. The summed E-state index contributed by atoms with van der Waals surface area (Å²) in [5.41, 5.74) is 7.63. The number of amidine groups is 1. The molecule has 0 atom stereocenters. The van der Waals surface area contributed by atoms with Gasteiger partial charge in [0.1, 0.15) is 5.84 Å². The normalized spacial score (nSPS) is 14.5. The standard InChI is InChI=1S/C10H19BN2/c1-7(2)6-8(11)13-9(12)10(3,4)5/h6H,1,11H2,2-5H3,(H2,12,13)/b8-6-. The molecule has 0 unspecified atom stereocenters. The van der Waals surface area contributed by atoms with Crippen molar-refractivity contribution >= 4 is 13.7 Å². The van der Waals surface area contributed by atoms with Crippen molar-refractivity contribution < 1.29 is 0 Å². The van der Waals surface area contributed by atoms with Crippen LogP contribution in [0.1, 0.15) is 27.7 Å². The molecule has 0 saturated carbocycles. The third-order valence-electron chi connectivity index (χ3n) is 1.52. The van der Waals surface area contributed by atoms with Crippen molar-refractivity contribution in [3.63, 3.8) is 0 Å². The second-order valence-corrected chi connectivity index (χ2v) is 4.38. The predicted molar refractivity (Wildman–Crippen MR) is 62.5 cm³/mol. The molecular weight excluding hydrogens is 159 g/mol. The first kappa shape index (κ1) is 12.0. The topological polar surface area (TPSA) is 38.4 Å². The molecule has 0 radical (unpaired) electrons. The van der Waals surface area contributed by atoms with Crippen LogP contribution in [0.15, 0.2) is 28.8 Å². The Bertz CT molecular complexity index is 257. The molecule has 0 aliphatic heterocycles. The molecular formula is C10H19BN2. The smallest absolute Gasteiger partial charge is 0.164 e. The first-order valence-electron chi connectivity index (χ1n) is 4.42. The van der Waals surface area contributed by atoms with Crippen LogP contribution >= 0.6 is 0 Å². The highest BCUT2D eigenvalue weighted by Crippen LogP contribution is 2.13. The molecule has 0 aliphatic carbocycles. The van der Waals surface area contributed by atoms with Gasteiger partial charge in [-0.05, 0) is 18.6 Å². The van der Waals surface area contributed by atoms with Crippen LogP contribution in [0.4, 0.5) is 0 Å². The van der Waals surface area contributed by atoms with Gasteiger partial charge in [0.05, 0.1) is 0 Å². The van der Waals surface area contributed by atoms with Crippen molar-refractivity contribution in [2.75, 3.05) is 0 Å². The minimum atomic E-state index is -0.0653. The zero-order chi connectivity index (χ0) is 10.6. The predicted octanol–water partition coefficient (Wildman–Crippen LogP) is 1.44. The lowest BCUT2D eigenvalue weighted by Gasteiger charge is -2.17. The molecule has 72 valence electrons. The largest absolute Gasteiger partial charge is 0.387 e. The van der Waals surface area contributed by atoms with E-state index >= 15 is 0 Å². The van der Waals surface area contributed by atoms with Gasteiger partial charge in [-0.3, -0.25) is 4.99 Å². The Hall–Kier alpha value is -0.985. The molecule has 0 aromatic rings. The number of nitrogens with zero attached hydrogens (tertiary/aromatic N) is 1. The number of rotatable bonds is 2. The zero-order valence-corrected chi connectivity index (χ0v) is 9.31. The van der Waals surface area contributed by atoms with E-state index in [0.717, 1.165) is 11.2 Å². The number of nitrogens with two attached hydrogens (primary N) is 1. The van der Waals surface area contributed by atoms with Gasteiger partial charge in [0, 0.05) is 5.41 Å². The molecule has 0 saturated heterocycles. The Balaban J connectivity index is 4.67. The Morgan fingerprint density at radius 3 is 2.23 bits per heavy atom. The van der Waals surface area contributed by atoms with Crippen LogP contribution in [0.3, 0.4) is 0 Å². The van der Waals surface area contributed by atoms with Crippen LogP contribution in [0, 0.1) is 5.41 Å². The third-order valence-corrected chi connectivity index (χ3v) is 1.52. The SMILES string of the molecule is BC(=C/C(=C)C)/N=C(\N)C(C)(C)C. The summed E-state index contributed by atoms with van der Waals surface area (Å²) in [7, 11) is 1.92. The molecule has 0 spiro atoms. The third kappa shape index (κ3) is 5.28. The molecule has 13 heavy (non-hydrogen) atoms. The van der Waals surface area contributed by atoms with Crippen LogP contribution < -0.4 is 5.73 Å². The van der Waals surface area contributed by atoms with Crippen LogP contribution in [0.5, 0.6) is 0 Å². The van der Waals surface area contributed by atoms with Gasteiger partial charge in [0.2, 0.25) is 0 Å². The lowest BCUT2D eigenvalue weighted by Crippen LogP contribution is -2.29. The summed E-state index contributed by atoms with van der Waals surface area (Å²) in [6.07, 6.45) is 1.92. The first-order chi connectivity index (χ1) is 5.73. The molecule has 0 fully saturated rings. The van der Waals surface area contributed by atoms with Crippen LogP contribution in [-0.2, 0) is 0 Å². The molecule has 0 aromatic heterocycles. The molecule has 2 nitrogen and oxygen atoms in total. The number of hydrogen-bond acceptors (Lipinski definition) is 1. The minimum Gasteiger partial charge on any atom is -0.387 e. The highest BCUT2D eigenvalue weighted by atomic mass is 14.9. The fraction of sp³-hybridized carbons (Fsp3) is 0.500. The van der Waals surface area contributed by atoms with E-state index in [2.05, 4.69) is 11.6 Å². The van der Waals surface area contributed by atoms with Crippen molar-refractivity contribution in [3.05, 3.63) is 23.8 Å². The Kier molecular flexibility index (Phi) is 3.98. The number of aliphatic imine (C=N–C) groups is 1. The highest BCUT2D eigenvalue weighted by Gasteiger charge is 2.14. The van der Waals surface area contributed by atoms with Crippen molar-refractivity contribution in [1.29, 1.82) is 0 Å². The van der Waals surface area contributed by atoms with Crippen molar-refractivity contribution in [2.24, 2.45) is 16.1 Å². The maximum atomic E-state index is 5.81. The molecule has 0 aromatic carbocycles. The maximum absolute atomic E-state index is 5.81. The zero-order valence-electron chi connectivity index (χ0n) is 9.31. The van der Waals surface area contributed by atoms with Crippen LogP contribution in [0.2, 0.25) is 0 Å². The van der Waals surface area contributed by atoms with Gasteiger partial charge in [0.15, 0.2) is 7.85 Å². The fourth-order valence-corrected chi connectivity index (χ4v) is 0.747. The maximum Gasteiger partial charge on any atom is 0.164 e. The Morgan fingerprint density at radius 1 is 1.46 bits per heavy atom. The van der Waals surface area contributed by atoms with E-state index in [1.54, 1.807) is 0 Å². The molecule has 0 aliphatic rings. The van der Waals surface area contributed by atoms with E-state index in [1.165, 1.54) is 0 Å². The van der Waals surface area contributed by atoms with Gasteiger partial charge in [0.25, 0.3) is 0 Å². The number of hydrogen-bond donors (Lipinski definition) is 1. The molecule has 3 heteroatoms. The summed E-state index contributed by atoms with van der Waals surface area (Å²) in [4.78, 5) is 4.28. The minimum absolute atomic E-state index is 0.0653. The van der Waals surface area contributed by atoms with Gasteiger partial charge in [-0.1, -0.05) is 32.9 Å². The average Bonchev–Trinajstić information content (AvgIpc) is 1.82. The summed E-state index contributed by atoms with van der Waals surface area (Å²) < 4.78 is 0. The van der Waals surface area contributed by atoms with Gasteiger partial charge in [-0.2, -0.15) is 0 Å². The summed E-state index contributed by atoms with van der Waals surface area (Å²) in [6, 6.07) is 0. The van der Waals surface area contributed by atoms with Gasteiger partial charge >= 0.3 is 0 Å². The van der Waals surface area contributed by atoms with Crippen LogP contribution in [0.25, 0.3) is 0 Å². The average molecular weight is 178 g/mol. The molecule has 2 N–H and O–H groups in total. The highest BCUT2D eigenvalue weighted by molar-refractivity contribution is 6.22. The summed E-state index contributed by atoms with van der Waals surface area (Å²) >= 11 is 0. The Labute approximate surface area is 82.0 Å². The Morgan fingerprint density at radius 2 is 1.92 bits per heavy atom. The monoisotopic (exact) mass is 178 g/mol. The van der Waals surface area contributed by atoms with Gasteiger partial charge in [-0.15, -0.1) is 0 Å². The van der Waals surface area contributed by atoms with Crippen molar-refractivity contribution in [3.8, 4) is 0 Å². The van der Waals surface area contributed by atoms with E-state index in [4.69, 9.17) is 5.73 Å². The molecule has 0 bridgehead atoms. The van der Waals surface area contributed by atoms with Crippen LogP contribution in [-0.4, -0.2) is 13.7 Å². The second kappa shape index (κ2) is 4.31. The molecule has 0 heterocycles. The number of allylic oxidation sites excluding steroid dienone is 2. The van der Waals surface area contributed by atoms with E-state index < -0.39 is 0 Å². The lowest BCUT2D eigenvalue weighted by atomic mass is 9.94. The summed E-state index contributed by atoms with van der Waals surface area (Å²) in [5.74, 6) is 0.655. The van der Waals surface area contributed by atoms with E-state index in [1.807, 2.05) is 41.6 Å². The van der Waals surface area contributed by atoms with E-state index in [9.17, 15) is 0 Å². The second-order valence-electron chi connectivity index (χ2n) is 4.38. The molecule has 0 amide bonds. The van der Waals surface area contributed by atoms with Gasteiger partial charge in [-0.25, -0.2) is 0 Å². The van der Waals surface area contributed by atoms with E-state index in [-0.39, 0.29) is 5.41 Å². The van der Waals surface area contributed by atoms with Gasteiger partial charge < -0.3 is 5.73 Å². The lowest BCUT2D eigenvalue weighted by molar-refractivity contribution is 0.584. The quantitative estimate of drug-likeness (QED) is 0.295.